The highest BCUT2D eigenvalue weighted by Gasteiger charge is 2.18. The molecule has 0 aliphatic carbocycles. The zero-order valence-corrected chi connectivity index (χ0v) is 12.5. The van der Waals surface area contributed by atoms with E-state index in [2.05, 4.69) is 15.2 Å². The summed E-state index contributed by atoms with van der Waals surface area (Å²) in [5, 5.41) is 7.82. The molecule has 0 saturated carbocycles. The zero-order valence-electron chi connectivity index (χ0n) is 12.5. The van der Waals surface area contributed by atoms with Gasteiger partial charge in [0.1, 0.15) is 11.5 Å². The number of methoxy groups -OCH3 is 2. The number of carbonyl (C=O) groups is 1. The van der Waals surface area contributed by atoms with Crippen LogP contribution in [0.2, 0.25) is 0 Å². The number of nitrogens with zero attached hydrogens (tertiary/aromatic N) is 2. The van der Waals surface area contributed by atoms with Gasteiger partial charge in [-0.05, 0) is 31.2 Å². The van der Waals surface area contributed by atoms with Crippen LogP contribution in [0.25, 0.3) is 22.3 Å². The molecule has 0 bridgehead atoms. The summed E-state index contributed by atoms with van der Waals surface area (Å²) in [6, 6.07) is 7.15. The number of hydrogen-bond donors (Lipinski definition) is 1. The van der Waals surface area contributed by atoms with Crippen molar-refractivity contribution in [2.75, 3.05) is 14.2 Å². The van der Waals surface area contributed by atoms with E-state index < -0.39 is 0 Å². The van der Waals surface area contributed by atoms with Crippen LogP contribution in [0.3, 0.4) is 0 Å². The van der Waals surface area contributed by atoms with Crippen molar-refractivity contribution in [2.24, 2.45) is 0 Å². The van der Waals surface area contributed by atoms with Gasteiger partial charge in [0.25, 0.3) is 0 Å². The number of aromatic amines is 1. The molecular weight excluding hydrogens is 282 g/mol. The Morgan fingerprint density at radius 2 is 2.00 bits per heavy atom. The highest BCUT2D eigenvalue weighted by Crippen LogP contribution is 2.36. The van der Waals surface area contributed by atoms with Crippen molar-refractivity contribution in [1.82, 2.24) is 15.2 Å². The molecule has 0 atom stereocenters. The highest BCUT2D eigenvalue weighted by molar-refractivity contribution is 6.10. The third-order valence-corrected chi connectivity index (χ3v) is 3.51. The number of rotatable bonds is 4. The zero-order chi connectivity index (χ0) is 15.7. The summed E-state index contributed by atoms with van der Waals surface area (Å²) in [6.07, 6.45) is 1.58. The summed E-state index contributed by atoms with van der Waals surface area (Å²) < 4.78 is 10.7. The van der Waals surface area contributed by atoms with Crippen LogP contribution in [0.5, 0.6) is 11.5 Å². The van der Waals surface area contributed by atoms with E-state index in [0.29, 0.717) is 33.8 Å². The summed E-state index contributed by atoms with van der Waals surface area (Å²) in [6.45, 7) is 1.52. The van der Waals surface area contributed by atoms with Crippen molar-refractivity contribution >= 4 is 16.8 Å². The quantitative estimate of drug-likeness (QED) is 0.749. The molecule has 2 aromatic heterocycles. The van der Waals surface area contributed by atoms with Crippen LogP contribution >= 0.6 is 0 Å². The van der Waals surface area contributed by atoms with Crippen LogP contribution in [0, 0.1) is 0 Å². The molecular formula is C16H15N3O3. The van der Waals surface area contributed by atoms with Crippen LogP contribution in [0.1, 0.15) is 17.3 Å². The lowest BCUT2D eigenvalue weighted by atomic mass is 10.0. The summed E-state index contributed by atoms with van der Waals surface area (Å²) in [5.74, 6) is 1.30. The number of nitrogens with one attached hydrogen (secondary N) is 1. The van der Waals surface area contributed by atoms with Gasteiger partial charge in [0, 0.05) is 17.3 Å². The second kappa shape index (κ2) is 5.48. The van der Waals surface area contributed by atoms with Crippen LogP contribution in [0.15, 0.2) is 30.5 Å². The first-order valence-corrected chi connectivity index (χ1v) is 6.72. The van der Waals surface area contributed by atoms with Gasteiger partial charge in [-0.1, -0.05) is 0 Å². The van der Waals surface area contributed by atoms with Gasteiger partial charge in [-0.25, -0.2) is 4.98 Å². The summed E-state index contributed by atoms with van der Waals surface area (Å²) >= 11 is 0. The molecule has 112 valence electrons. The summed E-state index contributed by atoms with van der Waals surface area (Å²) in [4.78, 5) is 16.1. The van der Waals surface area contributed by atoms with E-state index in [4.69, 9.17) is 9.47 Å². The molecule has 0 aliphatic rings. The van der Waals surface area contributed by atoms with Gasteiger partial charge < -0.3 is 9.47 Å². The van der Waals surface area contributed by atoms with Crippen molar-refractivity contribution in [1.29, 1.82) is 0 Å². The van der Waals surface area contributed by atoms with Gasteiger partial charge >= 0.3 is 0 Å². The first-order valence-electron chi connectivity index (χ1n) is 6.72. The molecule has 0 aliphatic heterocycles. The van der Waals surface area contributed by atoms with Crippen molar-refractivity contribution in [3.8, 4) is 22.8 Å². The lowest BCUT2D eigenvalue weighted by molar-refractivity contribution is 0.101. The fourth-order valence-electron chi connectivity index (χ4n) is 2.44. The Hall–Kier alpha value is -2.89. The van der Waals surface area contributed by atoms with Gasteiger partial charge in [0.15, 0.2) is 11.4 Å². The number of carbonyl (C=O) groups excluding carboxylic acids is 1. The Bertz CT molecular complexity index is 855. The molecule has 22 heavy (non-hydrogen) atoms. The van der Waals surface area contributed by atoms with E-state index in [1.54, 1.807) is 26.5 Å². The minimum absolute atomic E-state index is 0.0445. The van der Waals surface area contributed by atoms with Crippen LogP contribution in [-0.4, -0.2) is 35.2 Å². The van der Waals surface area contributed by atoms with Crippen molar-refractivity contribution in [3.05, 3.63) is 36.0 Å². The lowest BCUT2D eigenvalue weighted by Crippen LogP contribution is -1.96. The number of ketones is 1. The van der Waals surface area contributed by atoms with Crippen LogP contribution in [-0.2, 0) is 0 Å². The largest absolute Gasteiger partial charge is 0.497 e. The SMILES string of the molecule is COc1ccc(OC)c(-c2[nH]nc3nccc(C(C)=O)c23)c1. The van der Waals surface area contributed by atoms with E-state index in [-0.39, 0.29) is 5.78 Å². The molecule has 1 aromatic carbocycles. The van der Waals surface area contributed by atoms with Gasteiger partial charge in [-0.15, -0.1) is 0 Å². The van der Waals surface area contributed by atoms with Gasteiger partial charge in [-0.2, -0.15) is 5.10 Å². The molecule has 3 aromatic rings. The van der Waals surface area contributed by atoms with Crippen molar-refractivity contribution < 1.29 is 14.3 Å². The van der Waals surface area contributed by atoms with E-state index in [9.17, 15) is 4.79 Å². The average molecular weight is 297 g/mol. The smallest absolute Gasteiger partial charge is 0.182 e. The first-order chi connectivity index (χ1) is 10.7. The predicted molar refractivity (Wildman–Crippen MR) is 82.4 cm³/mol. The Kier molecular flexibility index (Phi) is 3.50. The summed E-state index contributed by atoms with van der Waals surface area (Å²) in [7, 11) is 3.19. The molecule has 0 amide bonds. The summed E-state index contributed by atoms with van der Waals surface area (Å²) in [5.41, 5.74) is 2.51. The van der Waals surface area contributed by atoms with Crippen LogP contribution < -0.4 is 9.47 Å². The molecule has 1 N–H and O–H groups in total. The lowest BCUT2D eigenvalue weighted by Gasteiger charge is -2.10. The minimum atomic E-state index is -0.0445. The number of aromatic nitrogens is 3. The monoisotopic (exact) mass is 297 g/mol. The maximum Gasteiger partial charge on any atom is 0.182 e. The number of fused-ring (bicyclic) bond motifs is 1. The van der Waals surface area contributed by atoms with E-state index >= 15 is 0 Å². The molecule has 3 rings (SSSR count). The Labute approximate surface area is 127 Å². The molecule has 6 nitrogen and oxygen atoms in total. The number of H-pyrrole nitrogens is 1. The fourth-order valence-corrected chi connectivity index (χ4v) is 2.44. The Balaban J connectivity index is 2.33. The maximum atomic E-state index is 11.9. The van der Waals surface area contributed by atoms with Gasteiger partial charge in [-0.3, -0.25) is 9.89 Å². The predicted octanol–water partition coefficient (Wildman–Crippen LogP) is 2.84. The fraction of sp³-hybridized carbons (Fsp3) is 0.188. The number of ether oxygens (including phenoxy) is 2. The standard InChI is InChI=1S/C16H15N3O3/c1-9(20)11-6-7-17-16-14(11)15(18-19-16)12-8-10(21-2)4-5-13(12)22-3/h4-8H,1-3H3,(H,17,18,19). The molecule has 0 radical (unpaired) electrons. The topological polar surface area (TPSA) is 77.1 Å². The van der Waals surface area contributed by atoms with Crippen molar-refractivity contribution in [2.45, 2.75) is 6.92 Å². The number of pyridine rings is 1. The van der Waals surface area contributed by atoms with Gasteiger partial charge in [0.05, 0.1) is 25.3 Å². The van der Waals surface area contributed by atoms with Crippen LogP contribution in [0.4, 0.5) is 0 Å². The molecule has 0 saturated heterocycles. The minimum Gasteiger partial charge on any atom is -0.497 e. The third-order valence-electron chi connectivity index (χ3n) is 3.51. The van der Waals surface area contributed by atoms with E-state index in [0.717, 1.165) is 5.56 Å². The number of hydrogen-bond acceptors (Lipinski definition) is 5. The van der Waals surface area contributed by atoms with Crippen molar-refractivity contribution in [3.63, 3.8) is 0 Å². The first kappa shape index (κ1) is 14.1. The molecule has 0 unspecified atom stereocenters. The second-order valence-corrected chi connectivity index (χ2v) is 4.78. The van der Waals surface area contributed by atoms with Gasteiger partial charge in [0.2, 0.25) is 0 Å². The average Bonchev–Trinajstić information content (AvgIpc) is 2.97. The molecule has 2 heterocycles. The van der Waals surface area contributed by atoms with E-state index in [1.807, 2.05) is 18.2 Å². The highest BCUT2D eigenvalue weighted by atomic mass is 16.5. The van der Waals surface area contributed by atoms with E-state index in [1.165, 1.54) is 6.92 Å². The molecule has 6 heteroatoms. The Morgan fingerprint density at radius 1 is 1.18 bits per heavy atom. The molecule has 0 fully saturated rings. The second-order valence-electron chi connectivity index (χ2n) is 4.78. The number of benzene rings is 1. The molecule has 0 spiro atoms. The third kappa shape index (κ3) is 2.18. The normalized spacial score (nSPS) is 10.7. The Morgan fingerprint density at radius 3 is 2.68 bits per heavy atom. The maximum absolute atomic E-state index is 11.9. The number of Topliss-reactive ketones (excluding diaryl/α,β-unsaturated/α-hetero) is 1.